The summed E-state index contributed by atoms with van der Waals surface area (Å²) in [5.74, 6) is -0.583. The van der Waals surface area contributed by atoms with E-state index in [2.05, 4.69) is 5.32 Å². The van der Waals surface area contributed by atoms with Crippen molar-refractivity contribution >= 4 is 17.6 Å². The van der Waals surface area contributed by atoms with E-state index in [1.54, 1.807) is 43.3 Å². The molecule has 126 valence electrons. The number of carbonyl (C=O) groups excluding carboxylic acids is 2. The van der Waals surface area contributed by atoms with Gasteiger partial charge in [0.05, 0.1) is 13.0 Å². The average Bonchev–Trinajstić information content (AvgIpc) is 2.56. The third-order valence-corrected chi connectivity index (χ3v) is 3.06. The number of nitrogens with one attached hydrogen (secondary N) is 1. The maximum atomic E-state index is 12.8. The quantitative estimate of drug-likeness (QED) is 0.792. The lowest BCUT2D eigenvalue weighted by Gasteiger charge is -2.09. The third kappa shape index (κ3) is 5.72. The Labute approximate surface area is 139 Å². The van der Waals surface area contributed by atoms with Crippen LogP contribution in [0.25, 0.3) is 0 Å². The summed E-state index contributed by atoms with van der Waals surface area (Å²) in [7, 11) is 0. The Kier molecular flexibility index (Phi) is 6.31. The van der Waals surface area contributed by atoms with Gasteiger partial charge in [0.1, 0.15) is 11.6 Å². The van der Waals surface area contributed by atoms with E-state index in [1.165, 1.54) is 12.1 Å². The second-order valence-electron chi connectivity index (χ2n) is 4.97. The predicted octanol–water partition coefficient (Wildman–Crippen LogP) is 2.95. The van der Waals surface area contributed by atoms with Gasteiger partial charge in [0.25, 0.3) is 0 Å². The Bertz CT molecular complexity index is 700. The van der Waals surface area contributed by atoms with Gasteiger partial charge >= 0.3 is 5.97 Å². The van der Waals surface area contributed by atoms with E-state index in [1.807, 2.05) is 0 Å². The Hall–Kier alpha value is -2.89. The summed E-state index contributed by atoms with van der Waals surface area (Å²) < 4.78 is 22.9. The molecule has 0 saturated heterocycles. The zero-order chi connectivity index (χ0) is 17.4. The molecule has 0 aliphatic rings. The van der Waals surface area contributed by atoms with E-state index in [-0.39, 0.29) is 24.8 Å². The van der Waals surface area contributed by atoms with Gasteiger partial charge in [0, 0.05) is 11.8 Å². The molecular weight excluding hydrogens is 313 g/mol. The van der Waals surface area contributed by atoms with Gasteiger partial charge < -0.3 is 14.8 Å². The number of esters is 1. The number of carbonyl (C=O) groups is 2. The van der Waals surface area contributed by atoms with Crippen LogP contribution in [0.4, 0.5) is 10.1 Å². The maximum absolute atomic E-state index is 12.8. The Balaban J connectivity index is 1.89. The molecule has 2 rings (SSSR count). The van der Waals surface area contributed by atoms with Crippen LogP contribution in [0.5, 0.6) is 5.75 Å². The summed E-state index contributed by atoms with van der Waals surface area (Å²) >= 11 is 0. The normalized spacial score (nSPS) is 10.1. The molecular formula is C18H18FNO4. The molecule has 2 aromatic rings. The summed E-state index contributed by atoms with van der Waals surface area (Å²) in [6.45, 7) is 1.82. The number of ether oxygens (including phenoxy) is 2. The molecule has 0 heterocycles. The predicted molar refractivity (Wildman–Crippen MR) is 87.3 cm³/mol. The number of halogens is 1. The molecule has 1 N–H and O–H groups in total. The summed E-state index contributed by atoms with van der Waals surface area (Å²) in [5, 5.41) is 2.73. The minimum Gasteiger partial charge on any atom is -0.482 e. The second-order valence-corrected chi connectivity index (χ2v) is 4.97. The molecule has 0 radical (unpaired) electrons. The summed E-state index contributed by atoms with van der Waals surface area (Å²) in [6.07, 6.45) is 0.133. The lowest BCUT2D eigenvalue weighted by molar-refractivity contribution is -0.145. The second kappa shape index (κ2) is 8.67. The fourth-order valence-electron chi connectivity index (χ4n) is 2.00. The Morgan fingerprint density at radius 3 is 2.58 bits per heavy atom. The van der Waals surface area contributed by atoms with Crippen LogP contribution in [-0.2, 0) is 20.7 Å². The summed E-state index contributed by atoms with van der Waals surface area (Å²) in [4.78, 5) is 23.3. The molecule has 1 amide bonds. The van der Waals surface area contributed by atoms with Crippen molar-refractivity contribution in [2.75, 3.05) is 18.5 Å². The van der Waals surface area contributed by atoms with Crippen LogP contribution in [0.3, 0.4) is 0 Å². The molecule has 2 aromatic carbocycles. The van der Waals surface area contributed by atoms with Crippen molar-refractivity contribution in [3.8, 4) is 5.75 Å². The number of benzene rings is 2. The summed E-state index contributed by atoms with van der Waals surface area (Å²) in [5.41, 5.74) is 1.26. The van der Waals surface area contributed by atoms with E-state index in [4.69, 9.17) is 9.47 Å². The van der Waals surface area contributed by atoms with E-state index in [0.717, 1.165) is 0 Å². The van der Waals surface area contributed by atoms with Gasteiger partial charge in [-0.15, -0.1) is 0 Å². The highest BCUT2D eigenvalue weighted by Crippen LogP contribution is 2.17. The SMILES string of the molecule is CCOC(=O)COc1cccc(NC(=O)Cc2ccc(F)cc2)c1. The van der Waals surface area contributed by atoms with Crippen LogP contribution in [0.2, 0.25) is 0 Å². The fraction of sp³-hybridized carbons (Fsp3) is 0.222. The molecule has 24 heavy (non-hydrogen) atoms. The van der Waals surface area contributed by atoms with Gasteiger partial charge in [0.2, 0.25) is 5.91 Å². The van der Waals surface area contributed by atoms with E-state index in [9.17, 15) is 14.0 Å². The molecule has 0 spiro atoms. The highest BCUT2D eigenvalue weighted by Gasteiger charge is 2.07. The first-order chi connectivity index (χ1) is 11.6. The summed E-state index contributed by atoms with van der Waals surface area (Å²) in [6, 6.07) is 12.4. The first-order valence-corrected chi connectivity index (χ1v) is 7.49. The van der Waals surface area contributed by atoms with Crippen LogP contribution >= 0.6 is 0 Å². The van der Waals surface area contributed by atoms with Gasteiger partial charge in [0.15, 0.2) is 6.61 Å². The number of hydrogen-bond donors (Lipinski definition) is 1. The van der Waals surface area contributed by atoms with Crippen LogP contribution in [0.15, 0.2) is 48.5 Å². The van der Waals surface area contributed by atoms with Gasteiger partial charge in [-0.1, -0.05) is 18.2 Å². The van der Waals surface area contributed by atoms with Crippen molar-refractivity contribution in [2.45, 2.75) is 13.3 Å². The highest BCUT2D eigenvalue weighted by molar-refractivity contribution is 5.92. The third-order valence-electron chi connectivity index (χ3n) is 3.06. The smallest absolute Gasteiger partial charge is 0.344 e. The van der Waals surface area contributed by atoms with Crippen LogP contribution in [-0.4, -0.2) is 25.1 Å². The maximum Gasteiger partial charge on any atom is 0.344 e. The minimum absolute atomic E-state index is 0.133. The largest absolute Gasteiger partial charge is 0.482 e. The van der Waals surface area contributed by atoms with E-state index in [0.29, 0.717) is 23.6 Å². The molecule has 0 saturated carbocycles. The monoisotopic (exact) mass is 331 g/mol. The molecule has 0 aliphatic heterocycles. The van der Waals surface area contributed by atoms with Crippen molar-refractivity contribution in [3.05, 3.63) is 59.9 Å². The molecule has 0 unspecified atom stereocenters. The van der Waals surface area contributed by atoms with E-state index >= 15 is 0 Å². The lowest BCUT2D eigenvalue weighted by atomic mass is 10.1. The topological polar surface area (TPSA) is 64.6 Å². The molecule has 5 nitrogen and oxygen atoms in total. The zero-order valence-electron chi connectivity index (χ0n) is 13.3. The zero-order valence-corrected chi connectivity index (χ0v) is 13.3. The number of rotatable bonds is 7. The van der Waals surface area contributed by atoms with Crippen molar-refractivity contribution in [1.82, 2.24) is 0 Å². The van der Waals surface area contributed by atoms with Crippen molar-refractivity contribution in [1.29, 1.82) is 0 Å². The number of amides is 1. The molecule has 6 heteroatoms. The lowest BCUT2D eigenvalue weighted by Crippen LogP contribution is -2.16. The van der Waals surface area contributed by atoms with Gasteiger partial charge in [-0.25, -0.2) is 9.18 Å². The van der Waals surface area contributed by atoms with Crippen LogP contribution in [0, 0.1) is 5.82 Å². The van der Waals surface area contributed by atoms with E-state index < -0.39 is 5.97 Å². The van der Waals surface area contributed by atoms with Crippen molar-refractivity contribution in [3.63, 3.8) is 0 Å². The van der Waals surface area contributed by atoms with Crippen LogP contribution < -0.4 is 10.1 Å². The first kappa shape index (κ1) is 17.5. The highest BCUT2D eigenvalue weighted by atomic mass is 19.1. The molecule has 0 bridgehead atoms. The molecule has 0 aliphatic carbocycles. The minimum atomic E-state index is -0.455. The van der Waals surface area contributed by atoms with Gasteiger partial charge in [-0.05, 0) is 36.8 Å². The Morgan fingerprint density at radius 1 is 1.12 bits per heavy atom. The molecule has 0 atom stereocenters. The Morgan fingerprint density at radius 2 is 1.88 bits per heavy atom. The number of anilines is 1. The first-order valence-electron chi connectivity index (χ1n) is 7.49. The van der Waals surface area contributed by atoms with Crippen molar-refractivity contribution < 1.29 is 23.5 Å². The average molecular weight is 331 g/mol. The standard InChI is InChI=1S/C18H18FNO4/c1-2-23-18(22)12-24-16-5-3-4-15(11-16)20-17(21)10-13-6-8-14(19)9-7-13/h3-9,11H,2,10,12H2,1H3,(H,20,21). The van der Waals surface area contributed by atoms with Crippen molar-refractivity contribution in [2.24, 2.45) is 0 Å². The number of hydrogen-bond acceptors (Lipinski definition) is 4. The van der Waals surface area contributed by atoms with Crippen LogP contribution in [0.1, 0.15) is 12.5 Å². The van der Waals surface area contributed by atoms with Gasteiger partial charge in [-0.3, -0.25) is 4.79 Å². The van der Waals surface area contributed by atoms with Gasteiger partial charge in [-0.2, -0.15) is 0 Å². The fourth-order valence-corrected chi connectivity index (χ4v) is 2.00. The molecule has 0 fully saturated rings. The molecule has 0 aromatic heterocycles.